The van der Waals surface area contributed by atoms with E-state index in [0.29, 0.717) is 5.69 Å². The van der Waals surface area contributed by atoms with Crippen LogP contribution in [-0.2, 0) is 15.0 Å². The van der Waals surface area contributed by atoms with E-state index in [9.17, 15) is 9.59 Å². The summed E-state index contributed by atoms with van der Waals surface area (Å²) < 4.78 is 0. The second kappa shape index (κ2) is 8.08. The summed E-state index contributed by atoms with van der Waals surface area (Å²) in [6.07, 6.45) is 1.95. The second-order valence-corrected chi connectivity index (χ2v) is 10.6. The van der Waals surface area contributed by atoms with Crippen LogP contribution in [0.2, 0.25) is 0 Å². The number of hydrogen-bond acceptors (Lipinski definition) is 3. The van der Waals surface area contributed by atoms with Crippen molar-refractivity contribution in [3.8, 4) is 0 Å². The fraction of sp³-hybridized carbons (Fsp3) is 0.114. The molecule has 4 aliphatic rings. The zero-order valence-electron chi connectivity index (χ0n) is 21.1. The average molecular weight is 505 g/mol. The minimum atomic E-state index is -0.867. The van der Waals surface area contributed by atoms with Gasteiger partial charge in [-0.25, -0.2) is 4.90 Å². The van der Waals surface area contributed by atoms with Crippen molar-refractivity contribution in [2.24, 2.45) is 16.8 Å². The summed E-state index contributed by atoms with van der Waals surface area (Å²) in [4.78, 5) is 35.6. The Morgan fingerprint density at radius 1 is 0.641 bits per heavy atom. The van der Waals surface area contributed by atoms with Crippen LogP contribution in [0.1, 0.15) is 28.2 Å². The molecule has 2 amide bonds. The summed E-state index contributed by atoms with van der Waals surface area (Å²) in [7, 11) is 0. The molecule has 186 valence electrons. The van der Waals surface area contributed by atoms with Crippen LogP contribution in [0, 0.1) is 11.8 Å². The van der Waals surface area contributed by atoms with Gasteiger partial charge in [0, 0.05) is 17.5 Å². The quantitative estimate of drug-likeness (QED) is 0.201. The molecule has 1 fully saturated rings. The summed E-state index contributed by atoms with van der Waals surface area (Å²) >= 11 is 0. The molecular weight excluding hydrogens is 480 g/mol. The van der Waals surface area contributed by atoms with Gasteiger partial charge in [0.25, 0.3) is 0 Å². The number of para-hydroxylation sites is 1. The van der Waals surface area contributed by atoms with Gasteiger partial charge in [0.2, 0.25) is 11.8 Å². The fourth-order valence-corrected chi connectivity index (χ4v) is 7.38. The fourth-order valence-electron chi connectivity index (χ4n) is 7.38. The van der Waals surface area contributed by atoms with Gasteiger partial charge in [0.15, 0.2) is 0 Å². The number of carbonyl (C=O) groups excluding carboxylic acids is 2. The summed E-state index contributed by atoms with van der Waals surface area (Å²) in [6.45, 7) is 0. The molecule has 0 aromatic heterocycles. The maximum atomic E-state index is 14.7. The number of imide groups is 1. The molecule has 1 saturated heterocycles. The van der Waals surface area contributed by atoms with Crippen molar-refractivity contribution in [3.05, 3.63) is 144 Å². The number of rotatable bonds is 3. The van der Waals surface area contributed by atoms with E-state index in [0.717, 1.165) is 38.7 Å². The number of nitrogens with zero attached hydrogens (tertiary/aromatic N) is 2. The Labute approximate surface area is 226 Å². The number of benzene rings is 5. The Morgan fingerprint density at radius 2 is 1.26 bits per heavy atom. The third-order valence-electron chi connectivity index (χ3n) is 8.86. The maximum Gasteiger partial charge on any atom is 0.239 e. The van der Waals surface area contributed by atoms with Gasteiger partial charge >= 0.3 is 0 Å². The van der Waals surface area contributed by atoms with E-state index >= 15 is 0 Å². The number of amides is 2. The molecule has 9 rings (SSSR count). The zero-order chi connectivity index (χ0) is 26.1. The minimum Gasteiger partial charge on any atom is -0.274 e. The summed E-state index contributed by atoms with van der Waals surface area (Å²) in [5, 5.41) is 1.90. The first-order valence-electron chi connectivity index (χ1n) is 13.3. The molecule has 2 atom stereocenters. The van der Waals surface area contributed by atoms with Gasteiger partial charge in [0.05, 0.1) is 28.6 Å². The predicted octanol–water partition coefficient (Wildman–Crippen LogP) is 6.79. The van der Waals surface area contributed by atoms with Crippen molar-refractivity contribution < 1.29 is 9.59 Å². The lowest BCUT2D eigenvalue weighted by atomic mass is 9.47. The lowest BCUT2D eigenvalue weighted by Gasteiger charge is -2.52. The van der Waals surface area contributed by atoms with Gasteiger partial charge in [-0.05, 0) is 45.8 Å². The summed E-state index contributed by atoms with van der Waals surface area (Å²) in [6, 6.07) is 40.1. The molecule has 5 aromatic rings. The first-order chi connectivity index (χ1) is 19.2. The highest BCUT2D eigenvalue weighted by atomic mass is 16.2. The van der Waals surface area contributed by atoms with Crippen LogP contribution >= 0.6 is 0 Å². The van der Waals surface area contributed by atoms with Crippen molar-refractivity contribution in [1.82, 2.24) is 0 Å². The van der Waals surface area contributed by atoms with Gasteiger partial charge < -0.3 is 0 Å². The topological polar surface area (TPSA) is 49.7 Å². The molecule has 4 heteroatoms. The van der Waals surface area contributed by atoms with E-state index in [4.69, 9.17) is 4.99 Å². The molecule has 0 radical (unpaired) electrons. The molecule has 0 spiro atoms. The highest BCUT2D eigenvalue weighted by molar-refractivity contribution is 6.27. The van der Waals surface area contributed by atoms with Crippen molar-refractivity contribution in [2.75, 3.05) is 4.90 Å². The van der Waals surface area contributed by atoms with Crippen molar-refractivity contribution in [3.63, 3.8) is 0 Å². The van der Waals surface area contributed by atoms with Crippen LogP contribution in [-0.4, -0.2) is 18.0 Å². The summed E-state index contributed by atoms with van der Waals surface area (Å²) in [5.74, 6) is -1.58. The van der Waals surface area contributed by atoms with E-state index in [2.05, 4.69) is 24.3 Å². The lowest BCUT2D eigenvalue weighted by molar-refractivity contribution is -0.122. The first kappa shape index (κ1) is 22.2. The third-order valence-corrected chi connectivity index (χ3v) is 8.86. The van der Waals surface area contributed by atoms with E-state index in [1.54, 1.807) is 0 Å². The number of fused-ring (bicyclic) bond motifs is 1. The molecule has 0 N–H and O–H groups in total. The van der Waals surface area contributed by atoms with Gasteiger partial charge in [0.1, 0.15) is 0 Å². The lowest BCUT2D eigenvalue weighted by Crippen LogP contribution is -2.54. The van der Waals surface area contributed by atoms with E-state index < -0.39 is 17.3 Å². The minimum absolute atomic E-state index is 0.132. The van der Waals surface area contributed by atoms with Gasteiger partial charge in [-0.1, -0.05) is 103 Å². The molecule has 4 nitrogen and oxygen atoms in total. The Bertz CT molecular complexity index is 1790. The molecule has 1 heterocycles. The average Bonchev–Trinajstić information content (AvgIpc) is 3.27. The Hall–Kier alpha value is -4.83. The van der Waals surface area contributed by atoms with E-state index in [-0.39, 0.29) is 17.7 Å². The molecule has 0 saturated carbocycles. The van der Waals surface area contributed by atoms with Crippen LogP contribution in [0.25, 0.3) is 10.8 Å². The normalized spacial score (nSPS) is 24.7. The molecule has 0 unspecified atom stereocenters. The molecular formula is C35H24N2O2. The standard InChI is InChI=1S/C35H24N2O2/c38-33-31-30-25-16-6-8-18-27(25)35(28-19-9-7-17-26(28)30,21-36-23-13-2-1-3-14-23)32(31)34(39)37(33)29-20-10-12-22-11-4-5-15-24(22)29/h1-21,30-32H/t30?,31-,32+,35?/m0/s1. The van der Waals surface area contributed by atoms with Gasteiger partial charge in [-0.3, -0.25) is 14.6 Å². The maximum absolute atomic E-state index is 14.7. The molecule has 5 aromatic carbocycles. The number of hydrogen-bond donors (Lipinski definition) is 0. The molecule has 39 heavy (non-hydrogen) atoms. The van der Waals surface area contributed by atoms with E-state index in [1.807, 2.05) is 103 Å². The SMILES string of the molecule is O=C1[C@H]2C3c4ccccc4C(C=Nc4ccccc4)(c4ccccc43)[C@H]2C(=O)N1c1cccc2ccccc12. The highest BCUT2D eigenvalue weighted by Gasteiger charge is 2.68. The monoisotopic (exact) mass is 504 g/mol. The summed E-state index contributed by atoms with van der Waals surface area (Å²) in [5.41, 5.74) is 4.95. The van der Waals surface area contributed by atoms with Crippen LogP contribution in [0.3, 0.4) is 0 Å². The van der Waals surface area contributed by atoms with Crippen LogP contribution in [0.4, 0.5) is 11.4 Å². The molecule has 1 aliphatic heterocycles. The van der Waals surface area contributed by atoms with Crippen LogP contribution < -0.4 is 4.90 Å². The van der Waals surface area contributed by atoms with Gasteiger partial charge in [-0.15, -0.1) is 0 Å². The number of anilines is 1. The van der Waals surface area contributed by atoms with Crippen LogP contribution in [0.5, 0.6) is 0 Å². The van der Waals surface area contributed by atoms with Crippen molar-refractivity contribution >= 4 is 40.2 Å². The predicted molar refractivity (Wildman–Crippen MR) is 154 cm³/mol. The molecule has 3 aliphatic carbocycles. The van der Waals surface area contributed by atoms with Gasteiger partial charge in [-0.2, -0.15) is 0 Å². The number of carbonyl (C=O) groups is 2. The molecule has 2 bridgehead atoms. The Balaban J connectivity index is 1.41. The smallest absolute Gasteiger partial charge is 0.239 e. The van der Waals surface area contributed by atoms with Crippen molar-refractivity contribution in [2.45, 2.75) is 11.3 Å². The third kappa shape index (κ3) is 2.86. The van der Waals surface area contributed by atoms with E-state index in [1.165, 1.54) is 4.90 Å². The van der Waals surface area contributed by atoms with Crippen LogP contribution in [0.15, 0.2) is 126 Å². The Kier molecular flexibility index (Phi) is 4.60. The highest BCUT2D eigenvalue weighted by Crippen LogP contribution is 2.64. The first-order valence-corrected chi connectivity index (χ1v) is 13.3. The zero-order valence-corrected chi connectivity index (χ0v) is 21.1. The largest absolute Gasteiger partial charge is 0.274 e. The van der Waals surface area contributed by atoms with Crippen molar-refractivity contribution in [1.29, 1.82) is 0 Å². The Morgan fingerprint density at radius 3 is 2.00 bits per heavy atom. The number of aliphatic imine (C=N–C) groups is 1. The second-order valence-electron chi connectivity index (χ2n) is 10.6.